The molecular formula is C22H25O3PS2. The van der Waals surface area contributed by atoms with Crippen LogP contribution in [0.5, 0.6) is 0 Å². The van der Waals surface area contributed by atoms with Crippen LogP contribution in [-0.2, 0) is 21.7 Å². The minimum atomic E-state index is -3.09. The monoisotopic (exact) mass is 432 g/mol. The predicted molar refractivity (Wildman–Crippen MR) is 120 cm³/mol. The van der Waals surface area contributed by atoms with Gasteiger partial charge in [-0.25, -0.2) is 0 Å². The van der Waals surface area contributed by atoms with Crippen LogP contribution in [0.15, 0.2) is 47.8 Å². The van der Waals surface area contributed by atoms with Crippen molar-refractivity contribution < 1.29 is 14.4 Å². The average molecular weight is 433 g/mol. The summed E-state index contributed by atoms with van der Waals surface area (Å²) in [5.41, 5.74) is 0.176. The fraction of sp³-hybridized carbons (Fsp3) is 0.364. The van der Waals surface area contributed by atoms with Crippen LogP contribution in [0.2, 0.25) is 0 Å². The average Bonchev–Trinajstić information content (AvgIpc) is 3.39. The van der Waals surface area contributed by atoms with E-state index in [1.807, 2.05) is 18.2 Å². The van der Waals surface area contributed by atoms with Crippen LogP contribution in [0.4, 0.5) is 0 Å². The third-order valence-corrected chi connectivity index (χ3v) is 11.5. The van der Waals surface area contributed by atoms with Crippen molar-refractivity contribution in [2.75, 3.05) is 13.2 Å². The molecule has 0 bridgehead atoms. The van der Waals surface area contributed by atoms with Gasteiger partial charge in [-0.05, 0) is 0 Å². The summed E-state index contributed by atoms with van der Waals surface area (Å²) >= 11 is 3.39. The quantitative estimate of drug-likeness (QED) is 0.625. The van der Waals surface area contributed by atoms with Gasteiger partial charge in [0, 0.05) is 0 Å². The summed E-state index contributed by atoms with van der Waals surface area (Å²) in [5, 5.41) is 5.13. The molecule has 0 radical (unpaired) electrons. The molecule has 1 spiro atoms. The number of benzene rings is 1. The van der Waals surface area contributed by atoms with Crippen LogP contribution in [0.1, 0.15) is 35.4 Å². The summed E-state index contributed by atoms with van der Waals surface area (Å²) in [7, 11) is -3.09. The zero-order chi connectivity index (χ0) is 19.6. The zero-order valence-corrected chi connectivity index (χ0v) is 19.0. The number of fused-ring (bicyclic) bond motifs is 4. The van der Waals surface area contributed by atoms with Gasteiger partial charge in [-0.15, -0.1) is 0 Å². The second-order valence-electron chi connectivity index (χ2n) is 8.75. The van der Waals surface area contributed by atoms with Gasteiger partial charge in [0.2, 0.25) is 0 Å². The van der Waals surface area contributed by atoms with E-state index in [-0.39, 0.29) is 5.41 Å². The Labute approximate surface area is 174 Å². The van der Waals surface area contributed by atoms with Crippen molar-refractivity contribution in [3.8, 4) is 0 Å². The summed E-state index contributed by atoms with van der Waals surface area (Å²) in [5.74, 6) is -0.840. The third kappa shape index (κ3) is 2.68. The molecule has 1 fully saturated rings. The molecule has 1 aromatic carbocycles. The first-order valence-electron chi connectivity index (χ1n) is 9.62. The van der Waals surface area contributed by atoms with Crippen molar-refractivity contribution >= 4 is 46.1 Å². The molecule has 3 nitrogen and oxygen atoms in total. The van der Waals surface area contributed by atoms with Crippen molar-refractivity contribution in [3.05, 3.63) is 62.5 Å². The van der Waals surface area contributed by atoms with Gasteiger partial charge >= 0.3 is 175 Å². The van der Waals surface area contributed by atoms with Crippen LogP contribution < -0.4 is 15.9 Å². The number of rotatable bonds is 2. The van der Waals surface area contributed by atoms with Gasteiger partial charge in [-0.1, -0.05) is 0 Å². The zero-order valence-electron chi connectivity index (χ0n) is 16.3. The molecule has 28 heavy (non-hydrogen) atoms. The molecule has 0 saturated carbocycles. The number of hydrogen-bond acceptors (Lipinski definition) is 5. The molecule has 2 aliphatic heterocycles. The first-order valence-corrected chi connectivity index (χ1v) is 13.3. The Balaban J connectivity index is 1.79. The van der Waals surface area contributed by atoms with E-state index in [0.29, 0.717) is 13.2 Å². The third-order valence-electron chi connectivity index (χ3n) is 5.42. The van der Waals surface area contributed by atoms with Crippen molar-refractivity contribution in [1.29, 1.82) is 0 Å². The summed E-state index contributed by atoms with van der Waals surface area (Å²) < 4.78 is 12.6. The molecule has 2 aliphatic rings. The molecule has 6 heteroatoms. The van der Waals surface area contributed by atoms with Gasteiger partial charge < -0.3 is 0 Å². The molecular weight excluding hydrogens is 407 g/mol. The van der Waals surface area contributed by atoms with E-state index in [9.17, 15) is 4.89 Å². The van der Waals surface area contributed by atoms with Crippen LogP contribution in [-0.4, -0.2) is 18.1 Å². The Morgan fingerprint density at radius 1 is 1.04 bits per heavy atom. The van der Waals surface area contributed by atoms with E-state index in [1.165, 1.54) is 4.88 Å². The Morgan fingerprint density at radius 2 is 1.75 bits per heavy atom. The standard InChI is InChI=1S/C22H25O3PS2/c1-21(2,3)14-16-13-18-20(28-16)22(24-10-11-25-22)19-17(9-12-27-19)26(18,23)15-7-5-4-6-8-15/h4-9,12-13,23,26H,10-11,14H2,1-3H3. The van der Waals surface area contributed by atoms with E-state index in [1.54, 1.807) is 22.7 Å². The Bertz CT molecular complexity index is 1010. The van der Waals surface area contributed by atoms with Gasteiger partial charge in [-0.2, -0.15) is 0 Å². The summed E-state index contributed by atoms with van der Waals surface area (Å²) in [6.45, 7) is 7.91. The molecule has 148 valence electrons. The maximum atomic E-state index is 12.3. The van der Waals surface area contributed by atoms with Gasteiger partial charge in [-0.3, -0.25) is 0 Å². The molecule has 2 aromatic heterocycles. The van der Waals surface area contributed by atoms with E-state index < -0.39 is 13.3 Å². The maximum absolute atomic E-state index is 12.3. The van der Waals surface area contributed by atoms with Gasteiger partial charge in [0.25, 0.3) is 0 Å². The van der Waals surface area contributed by atoms with E-state index >= 15 is 0 Å². The number of thiophene rings is 2. The topological polar surface area (TPSA) is 38.7 Å². The van der Waals surface area contributed by atoms with E-state index in [0.717, 1.165) is 32.1 Å². The van der Waals surface area contributed by atoms with Gasteiger partial charge in [0.15, 0.2) is 0 Å². The molecule has 1 saturated heterocycles. The molecule has 3 aromatic rings. The first-order chi connectivity index (χ1) is 13.3. The number of hydrogen-bond donors (Lipinski definition) is 1. The predicted octanol–water partition coefficient (Wildman–Crippen LogP) is 3.89. The van der Waals surface area contributed by atoms with Crippen molar-refractivity contribution in [2.45, 2.75) is 33.0 Å². The summed E-state index contributed by atoms with van der Waals surface area (Å²) in [6, 6.07) is 14.5. The molecule has 0 unspecified atom stereocenters. The van der Waals surface area contributed by atoms with Crippen molar-refractivity contribution in [2.24, 2.45) is 5.41 Å². The van der Waals surface area contributed by atoms with Crippen molar-refractivity contribution in [1.82, 2.24) is 0 Å². The van der Waals surface area contributed by atoms with Crippen LogP contribution in [0, 0.1) is 5.41 Å². The molecule has 0 atom stereocenters. The molecule has 4 heterocycles. The van der Waals surface area contributed by atoms with Crippen LogP contribution in [0.3, 0.4) is 0 Å². The summed E-state index contributed by atoms with van der Waals surface area (Å²) in [6.07, 6.45) is 0.966. The second-order valence-corrected chi connectivity index (χ2v) is 13.9. The normalized spacial score (nSPS) is 20.7. The SMILES string of the molecule is CC(C)(C)Cc1cc2c(s1)C1(OCCO1)c1sccc1[PH]2(O)c1ccccc1. The molecule has 5 rings (SSSR count). The van der Waals surface area contributed by atoms with Crippen LogP contribution >= 0.6 is 30.2 Å². The fourth-order valence-corrected chi connectivity index (χ4v) is 11.5. The van der Waals surface area contributed by atoms with Crippen LogP contribution in [0.25, 0.3) is 0 Å². The second kappa shape index (κ2) is 6.46. The van der Waals surface area contributed by atoms with E-state index in [2.05, 4.69) is 50.4 Å². The fourth-order valence-electron chi connectivity index (χ4n) is 4.33. The van der Waals surface area contributed by atoms with Gasteiger partial charge in [0.05, 0.1) is 0 Å². The molecule has 0 aliphatic carbocycles. The Hall–Kier alpha value is -1.07. The van der Waals surface area contributed by atoms with Crippen molar-refractivity contribution in [3.63, 3.8) is 0 Å². The Kier molecular flexibility index (Phi) is 4.37. The summed E-state index contributed by atoms with van der Waals surface area (Å²) in [4.78, 5) is 15.7. The Morgan fingerprint density at radius 3 is 2.43 bits per heavy atom. The van der Waals surface area contributed by atoms with Gasteiger partial charge in [0.1, 0.15) is 0 Å². The first kappa shape index (κ1) is 18.9. The minimum absolute atomic E-state index is 0.176. The number of ether oxygens (including phenoxy) is 2. The van der Waals surface area contributed by atoms with E-state index in [4.69, 9.17) is 9.47 Å². The molecule has 0 amide bonds. The molecule has 1 N–H and O–H groups in total.